The van der Waals surface area contributed by atoms with Crippen molar-refractivity contribution < 1.29 is 5.11 Å². The van der Waals surface area contributed by atoms with E-state index < -0.39 is 5.60 Å². The summed E-state index contributed by atoms with van der Waals surface area (Å²) >= 11 is 0. The van der Waals surface area contributed by atoms with E-state index in [0.717, 1.165) is 30.6 Å². The van der Waals surface area contributed by atoms with Gasteiger partial charge in [-0.3, -0.25) is 0 Å². The van der Waals surface area contributed by atoms with E-state index in [1.165, 1.54) is 12.8 Å². The van der Waals surface area contributed by atoms with Crippen LogP contribution in [0.25, 0.3) is 0 Å². The third kappa shape index (κ3) is 18.5. The molecule has 0 fully saturated rings. The third-order valence-corrected chi connectivity index (χ3v) is 5.54. The smallest absolute Gasteiger partial charge is 0.0642 e. The first-order valence-corrected chi connectivity index (χ1v) is 11.3. The van der Waals surface area contributed by atoms with Gasteiger partial charge >= 0.3 is 0 Å². The molecule has 0 radical (unpaired) electrons. The van der Waals surface area contributed by atoms with Crippen LogP contribution in [0, 0.1) is 29.6 Å². The molecule has 0 aliphatic rings. The van der Waals surface area contributed by atoms with Crippen molar-refractivity contribution in [2.24, 2.45) is 29.6 Å². The van der Waals surface area contributed by atoms with Crippen LogP contribution in [0.4, 0.5) is 0 Å². The summed E-state index contributed by atoms with van der Waals surface area (Å²) in [6.07, 6.45) is 4.73. The summed E-state index contributed by atoms with van der Waals surface area (Å²) < 4.78 is 0. The predicted octanol–water partition coefficient (Wildman–Crippen LogP) is 8.60. The number of hydrogen-bond donors (Lipinski definition) is 1. The molecular weight excluding hydrogens is 304 g/mol. The Balaban J connectivity index is -0.000000329. The van der Waals surface area contributed by atoms with Crippen molar-refractivity contribution in [3.63, 3.8) is 0 Å². The van der Waals surface area contributed by atoms with E-state index in [4.69, 9.17) is 0 Å². The van der Waals surface area contributed by atoms with Gasteiger partial charge in [-0.25, -0.2) is 0 Å². The zero-order chi connectivity index (χ0) is 21.2. The SMILES string of the molecule is CC.CC.CC.CC(C)C(C)CCC(C)C(C)CCC(C)(O)C(C)C. The fraction of sp³-hybridized carbons (Fsp3) is 1.00. The van der Waals surface area contributed by atoms with Crippen molar-refractivity contribution >= 4 is 0 Å². The topological polar surface area (TPSA) is 20.2 Å². The molecule has 1 heteroatoms. The summed E-state index contributed by atoms with van der Waals surface area (Å²) in [4.78, 5) is 0. The van der Waals surface area contributed by atoms with E-state index >= 15 is 0 Å². The van der Waals surface area contributed by atoms with Gasteiger partial charge in [-0.05, 0) is 49.4 Å². The molecule has 1 N–H and O–H groups in total. The average molecular weight is 361 g/mol. The van der Waals surface area contributed by atoms with E-state index in [-0.39, 0.29) is 0 Å². The lowest BCUT2D eigenvalue weighted by molar-refractivity contribution is -0.00161. The van der Waals surface area contributed by atoms with Gasteiger partial charge in [-0.15, -0.1) is 0 Å². The standard InChI is InChI=1S/C18H38O.3C2H6/c1-13(2)15(5)9-10-16(6)17(7)11-12-18(8,19)14(3)4;3*1-2/h13-17,19H,9-12H2,1-8H3;3*1-2H3. The molecule has 0 bridgehead atoms. The second-order valence-corrected chi connectivity index (χ2v) is 7.80. The van der Waals surface area contributed by atoms with Gasteiger partial charge in [0.25, 0.3) is 0 Å². The zero-order valence-electron chi connectivity index (χ0n) is 20.7. The van der Waals surface area contributed by atoms with E-state index in [9.17, 15) is 5.11 Å². The third-order valence-electron chi connectivity index (χ3n) is 5.54. The van der Waals surface area contributed by atoms with Crippen molar-refractivity contribution in [1.29, 1.82) is 0 Å². The minimum atomic E-state index is -0.501. The van der Waals surface area contributed by atoms with Crippen LogP contribution >= 0.6 is 0 Å². The zero-order valence-corrected chi connectivity index (χ0v) is 20.7. The average Bonchev–Trinajstić information content (AvgIpc) is 2.62. The Bertz CT molecular complexity index is 230. The molecule has 0 saturated carbocycles. The lowest BCUT2D eigenvalue weighted by Gasteiger charge is -2.30. The molecule has 25 heavy (non-hydrogen) atoms. The minimum absolute atomic E-state index is 0.343. The normalized spacial score (nSPS) is 16.2. The van der Waals surface area contributed by atoms with Gasteiger partial charge in [0.15, 0.2) is 0 Å². The molecule has 1 nitrogen and oxygen atoms in total. The molecule has 158 valence electrons. The largest absolute Gasteiger partial charge is 0.390 e. The molecule has 0 aromatic carbocycles. The second-order valence-electron chi connectivity index (χ2n) is 7.80. The highest BCUT2D eigenvalue weighted by atomic mass is 16.3. The van der Waals surface area contributed by atoms with Crippen molar-refractivity contribution in [2.75, 3.05) is 0 Å². The van der Waals surface area contributed by atoms with Crippen LogP contribution in [-0.2, 0) is 0 Å². The van der Waals surface area contributed by atoms with Crippen molar-refractivity contribution in [2.45, 2.75) is 128 Å². The summed E-state index contributed by atoms with van der Waals surface area (Å²) in [5.41, 5.74) is -0.501. The summed E-state index contributed by atoms with van der Waals surface area (Å²) in [7, 11) is 0. The Morgan fingerprint density at radius 3 is 1.24 bits per heavy atom. The van der Waals surface area contributed by atoms with Crippen LogP contribution in [-0.4, -0.2) is 10.7 Å². The Labute approximate surface area is 163 Å². The van der Waals surface area contributed by atoms with Crippen LogP contribution in [0.3, 0.4) is 0 Å². The number of hydrogen-bond acceptors (Lipinski definition) is 1. The van der Waals surface area contributed by atoms with E-state index in [2.05, 4.69) is 48.5 Å². The van der Waals surface area contributed by atoms with Crippen molar-refractivity contribution in [3.05, 3.63) is 0 Å². The maximum atomic E-state index is 10.3. The lowest BCUT2D eigenvalue weighted by Crippen LogP contribution is -2.31. The van der Waals surface area contributed by atoms with E-state index in [1.54, 1.807) is 0 Å². The van der Waals surface area contributed by atoms with Crippen molar-refractivity contribution in [3.8, 4) is 0 Å². The van der Waals surface area contributed by atoms with Gasteiger partial charge < -0.3 is 5.11 Å². The number of aliphatic hydroxyl groups is 1. The molecule has 0 aromatic rings. The Morgan fingerprint density at radius 2 is 0.920 bits per heavy atom. The van der Waals surface area contributed by atoms with Crippen LogP contribution in [0.1, 0.15) is 123 Å². The summed E-state index contributed by atoms with van der Waals surface area (Å²) in [5, 5.41) is 10.3. The maximum Gasteiger partial charge on any atom is 0.0642 e. The molecule has 0 spiro atoms. The summed E-state index contributed by atoms with van der Waals surface area (Å²) in [6.45, 7) is 29.9. The Hall–Kier alpha value is -0.0400. The molecule has 0 saturated heterocycles. The first-order valence-electron chi connectivity index (χ1n) is 11.3. The minimum Gasteiger partial charge on any atom is -0.390 e. The fourth-order valence-electron chi connectivity index (χ4n) is 2.24. The maximum absolute atomic E-state index is 10.3. The van der Waals surface area contributed by atoms with Gasteiger partial charge in [0.2, 0.25) is 0 Å². The highest BCUT2D eigenvalue weighted by Gasteiger charge is 2.26. The first kappa shape index (κ1) is 32.6. The highest BCUT2D eigenvalue weighted by Crippen LogP contribution is 2.30. The quantitative estimate of drug-likeness (QED) is 0.436. The predicted molar refractivity (Wildman–Crippen MR) is 120 cm³/mol. The second kappa shape index (κ2) is 20.3. The van der Waals surface area contributed by atoms with Crippen LogP contribution in [0.15, 0.2) is 0 Å². The van der Waals surface area contributed by atoms with Gasteiger partial charge in [0.05, 0.1) is 5.60 Å². The van der Waals surface area contributed by atoms with Crippen LogP contribution in [0.5, 0.6) is 0 Å². The molecule has 0 aliphatic carbocycles. The van der Waals surface area contributed by atoms with E-state index in [1.807, 2.05) is 48.5 Å². The summed E-state index contributed by atoms with van der Waals surface area (Å²) in [5.74, 6) is 3.45. The Kier molecular flexibility index (Phi) is 26.5. The molecule has 0 aromatic heterocycles. The van der Waals surface area contributed by atoms with Crippen molar-refractivity contribution in [1.82, 2.24) is 0 Å². The van der Waals surface area contributed by atoms with Gasteiger partial charge in [0, 0.05) is 0 Å². The molecular formula is C24H56O. The number of rotatable bonds is 9. The molecule has 4 atom stereocenters. The molecule has 4 unspecified atom stereocenters. The fourth-order valence-corrected chi connectivity index (χ4v) is 2.24. The van der Waals surface area contributed by atoms with Gasteiger partial charge in [0.1, 0.15) is 0 Å². The van der Waals surface area contributed by atoms with Gasteiger partial charge in [-0.2, -0.15) is 0 Å². The van der Waals surface area contributed by atoms with E-state index in [0.29, 0.717) is 11.8 Å². The highest BCUT2D eigenvalue weighted by molar-refractivity contribution is 4.78. The lowest BCUT2D eigenvalue weighted by atomic mass is 9.80. The molecule has 0 heterocycles. The monoisotopic (exact) mass is 360 g/mol. The van der Waals surface area contributed by atoms with Crippen LogP contribution in [0.2, 0.25) is 0 Å². The van der Waals surface area contributed by atoms with Crippen LogP contribution < -0.4 is 0 Å². The molecule has 0 rings (SSSR count). The Morgan fingerprint density at radius 1 is 0.600 bits per heavy atom. The first-order chi connectivity index (χ1) is 11.6. The molecule has 0 aliphatic heterocycles. The molecule has 0 amide bonds. The van der Waals surface area contributed by atoms with Gasteiger partial charge in [-0.1, -0.05) is 103 Å². The summed E-state index contributed by atoms with van der Waals surface area (Å²) in [6, 6.07) is 0.